The molecule has 0 amide bonds. The van der Waals surface area contributed by atoms with Gasteiger partial charge in [-0.05, 0) is 12.8 Å². The molecule has 1 fully saturated rings. The Morgan fingerprint density at radius 1 is 1.53 bits per heavy atom. The van der Waals surface area contributed by atoms with Gasteiger partial charge in [-0.3, -0.25) is 0 Å². The maximum Gasteiger partial charge on any atom is 0.0700 e. The Bertz CT molecular complexity index is 327. The number of hydrogen-bond donors (Lipinski definition) is 1. The Kier molecular flexibility index (Phi) is 3.20. The van der Waals surface area contributed by atoms with Gasteiger partial charge < -0.3 is 10.5 Å². The molecule has 3 heteroatoms. The molecule has 0 aromatic heterocycles. The second-order valence-electron chi connectivity index (χ2n) is 4.27. The standard InChI is InChI=1S/C12H16N2O/c13-6-10-3-1-9(2-4-10)5-11-7-15-8-12(11)14/h1-3,10-12H,4-5,7-8,14H2. The minimum atomic E-state index is 0.0576. The Morgan fingerprint density at radius 3 is 2.93 bits per heavy atom. The van der Waals surface area contributed by atoms with Gasteiger partial charge in [-0.1, -0.05) is 23.8 Å². The first-order chi connectivity index (χ1) is 7.29. The molecular weight excluding hydrogens is 188 g/mol. The van der Waals surface area contributed by atoms with Crippen LogP contribution in [0.1, 0.15) is 12.8 Å². The fourth-order valence-electron chi connectivity index (χ4n) is 2.04. The number of allylic oxidation sites excluding steroid dienone is 4. The van der Waals surface area contributed by atoms with E-state index in [0.29, 0.717) is 12.5 Å². The number of rotatable bonds is 2. The van der Waals surface area contributed by atoms with E-state index in [0.717, 1.165) is 19.4 Å². The molecule has 2 aliphatic rings. The van der Waals surface area contributed by atoms with E-state index in [9.17, 15) is 0 Å². The molecule has 0 saturated carbocycles. The molecule has 3 atom stereocenters. The number of hydrogen-bond acceptors (Lipinski definition) is 3. The fraction of sp³-hybridized carbons (Fsp3) is 0.583. The number of nitrogens with two attached hydrogens (primary N) is 1. The highest BCUT2D eigenvalue weighted by atomic mass is 16.5. The van der Waals surface area contributed by atoms with Crippen LogP contribution < -0.4 is 5.73 Å². The Balaban J connectivity index is 1.89. The van der Waals surface area contributed by atoms with Crippen molar-refractivity contribution in [2.24, 2.45) is 17.6 Å². The Morgan fingerprint density at radius 2 is 2.40 bits per heavy atom. The first-order valence-electron chi connectivity index (χ1n) is 5.40. The third-order valence-corrected chi connectivity index (χ3v) is 3.09. The van der Waals surface area contributed by atoms with E-state index in [1.165, 1.54) is 5.57 Å². The zero-order chi connectivity index (χ0) is 10.7. The van der Waals surface area contributed by atoms with Crippen LogP contribution in [0.15, 0.2) is 23.8 Å². The minimum absolute atomic E-state index is 0.0576. The summed E-state index contributed by atoms with van der Waals surface area (Å²) in [5.74, 6) is 0.502. The van der Waals surface area contributed by atoms with E-state index >= 15 is 0 Å². The molecule has 0 aromatic rings. The van der Waals surface area contributed by atoms with Gasteiger partial charge in [0.15, 0.2) is 0 Å². The lowest BCUT2D eigenvalue weighted by Gasteiger charge is -2.16. The molecule has 0 spiro atoms. The summed E-state index contributed by atoms with van der Waals surface area (Å²) >= 11 is 0. The van der Waals surface area contributed by atoms with E-state index in [-0.39, 0.29) is 12.0 Å². The van der Waals surface area contributed by atoms with Crippen molar-refractivity contribution in [3.63, 3.8) is 0 Å². The smallest absolute Gasteiger partial charge is 0.0700 e. The van der Waals surface area contributed by atoms with Crippen LogP contribution in [0.3, 0.4) is 0 Å². The van der Waals surface area contributed by atoms with Crippen molar-refractivity contribution in [2.45, 2.75) is 18.9 Å². The average molecular weight is 204 g/mol. The first kappa shape index (κ1) is 10.4. The van der Waals surface area contributed by atoms with Crippen molar-refractivity contribution < 1.29 is 4.74 Å². The summed E-state index contributed by atoms with van der Waals surface area (Å²) in [6.07, 6.45) is 8.01. The lowest BCUT2D eigenvalue weighted by molar-refractivity contribution is 0.184. The van der Waals surface area contributed by atoms with Gasteiger partial charge in [0.25, 0.3) is 0 Å². The molecule has 2 N–H and O–H groups in total. The topological polar surface area (TPSA) is 59.0 Å². The number of nitrogens with zero attached hydrogens (tertiary/aromatic N) is 1. The highest BCUT2D eigenvalue weighted by molar-refractivity contribution is 5.26. The van der Waals surface area contributed by atoms with Crippen LogP contribution in [-0.4, -0.2) is 19.3 Å². The van der Waals surface area contributed by atoms with Gasteiger partial charge >= 0.3 is 0 Å². The molecular formula is C12H16N2O. The lowest BCUT2D eigenvalue weighted by atomic mass is 9.90. The van der Waals surface area contributed by atoms with E-state index in [4.69, 9.17) is 15.7 Å². The van der Waals surface area contributed by atoms with Crippen molar-refractivity contribution in [3.8, 4) is 6.07 Å². The van der Waals surface area contributed by atoms with Crippen LogP contribution in [0.2, 0.25) is 0 Å². The van der Waals surface area contributed by atoms with Crippen LogP contribution in [0.4, 0.5) is 0 Å². The average Bonchev–Trinajstić information content (AvgIpc) is 2.66. The second kappa shape index (κ2) is 4.61. The zero-order valence-corrected chi connectivity index (χ0v) is 8.73. The summed E-state index contributed by atoms with van der Waals surface area (Å²) in [4.78, 5) is 0. The van der Waals surface area contributed by atoms with Crippen LogP contribution >= 0.6 is 0 Å². The summed E-state index contributed by atoms with van der Waals surface area (Å²) < 4.78 is 5.32. The molecule has 15 heavy (non-hydrogen) atoms. The summed E-state index contributed by atoms with van der Waals surface area (Å²) in [6.45, 7) is 1.45. The number of nitriles is 1. The Hall–Kier alpha value is -1.11. The fourth-order valence-corrected chi connectivity index (χ4v) is 2.04. The maximum atomic E-state index is 8.73. The normalized spacial score (nSPS) is 34.9. The van der Waals surface area contributed by atoms with Crippen LogP contribution in [0, 0.1) is 23.2 Å². The number of ether oxygens (including phenoxy) is 1. The van der Waals surface area contributed by atoms with Gasteiger partial charge in [0.05, 0.1) is 25.2 Å². The molecule has 0 bridgehead atoms. The minimum Gasteiger partial charge on any atom is -0.379 e. The summed E-state index contributed by atoms with van der Waals surface area (Å²) in [6, 6.07) is 2.42. The van der Waals surface area contributed by atoms with Crippen LogP contribution in [0.5, 0.6) is 0 Å². The van der Waals surface area contributed by atoms with Crippen molar-refractivity contribution in [1.29, 1.82) is 5.26 Å². The third kappa shape index (κ3) is 2.47. The maximum absolute atomic E-state index is 8.73. The van der Waals surface area contributed by atoms with Crippen molar-refractivity contribution in [3.05, 3.63) is 23.8 Å². The van der Waals surface area contributed by atoms with Gasteiger partial charge in [0.1, 0.15) is 0 Å². The molecule has 80 valence electrons. The molecule has 1 aliphatic carbocycles. The zero-order valence-electron chi connectivity index (χ0n) is 8.73. The molecule has 1 saturated heterocycles. The molecule has 3 unspecified atom stereocenters. The summed E-state index contributed by atoms with van der Waals surface area (Å²) in [7, 11) is 0. The highest BCUT2D eigenvalue weighted by Gasteiger charge is 2.25. The van der Waals surface area contributed by atoms with Gasteiger partial charge in [-0.25, -0.2) is 0 Å². The first-order valence-corrected chi connectivity index (χ1v) is 5.40. The molecule has 0 aromatic carbocycles. The lowest BCUT2D eigenvalue weighted by Crippen LogP contribution is -2.28. The van der Waals surface area contributed by atoms with E-state index < -0.39 is 0 Å². The molecule has 3 nitrogen and oxygen atoms in total. The summed E-state index contributed by atoms with van der Waals surface area (Å²) in [5.41, 5.74) is 7.22. The van der Waals surface area contributed by atoms with E-state index in [2.05, 4.69) is 18.2 Å². The third-order valence-electron chi connectivity index (χ3n) is 3.09. The van der Waals surface area contributed by atoms with Crippen LogP contribution in [0.25, 0.3) is 0 Å². The van der Waals surface area contributed by atoms with Crippen molar-refractivity contribution in [1.82, 2.24) is 0 Å². The highest BCUT2D eigenvalue weighted by Crippen LogP contribution is 2.25. The predicted octanol–water partition coefficient (Wildman–Crippen LogP) is 1.38. The van der Waals surface area contributed by atoms with E-state index in [1.807, 2.05) is 6.08 Å². The van der Waals surface area contributed by atoms with Crippen molar-refractivity contribution >= 4 is 0 Å². The predicted molar refractivity (Wildman–Crippen MR) is 57.8 cm³/mol. The van der Waals surface area contributed by atoms with Gasteiger partial charge in [-0.2, -0.15) is 5.26 Å². The van der Waals surface area contributed by atoms with Crippen molar-refractivity contribution in [2.75, 3.05) is 13.2 Å². The van der Waals surface area contributed by atoms with Gasteiger partial charge in [0.2, 0.25) is 0 Å². The largest absolute Gasteiger partial charge is 0.379 e. The molecule has 1 heterocycles. The SMILES string of the molecule is N#CC1C=CC(CC2COCC2N)=CC1. The molecule has 0 radical (unpaired) electrons. The van der Waals surface area contributed by atoms with Gasteiger partial charge in [0, 0.05) is 12.0 Å². The quantitative estimate of drug-likeness (QED) is 0.739. The van der Waals surface area contributed by atoms with Gasteiger partial charge in [-0.15, -0.1) is 0 Å². The Labute approximate surface area is 90.2 Å². The second-order valence-corrected chi connectivity index (χ2v) is 4.27. The molecule has 2 rings (SSSR count). The summed E-state index contributed by atoms with van der Waals surface area (Å²) in [5, 5.41) is 8.73. The monoisotopic (exact) mass is 204 g/mol. The molecule has 1 aliphatic heterocycles. The van der Waals surface area contributed by atoms with Crippen LogP contribution in [-0.2, 0) is 4.74 Å². The van der Waals surface area contributed by atoms with E-state index in [1.54, 1.807) is 0 Å².